The van der Waals surface area contributed by atoms with Gasteiger partial charge in [0.05, 0.1) is 11.1 Å². The molecule has 9 rings (SSSR count). The van der Waals surface area contributed by atoms with Crippen LogP contribution in [0.25, 0.3) is 54.9 Å². The number of fused-ring (bicyclic) bond motifs is 7. The lowest BCUT2D eigenvalue weighted by Crippen LogP contribution is -2.22. The molecule has 12 heteroatoms. The Morgan fingerprint density at radius 3 is 1.43 bits per heavy atom. The largest absolute Gasteiger partial charge is 0.584 e. The van der Waals surface area contributed by atoms with Gasteiger partial charge >= 0.3 is 20.2 Å². The molecule has 0 aromatic heterocycles. The molecule has 1 aliphatic rings. The number of halogens is 6. The summed E-state index contributed by atoms with van der Waals surface area (Å²) in [6.45, 7) is 0. The first-order valence-electron chi connectivity index (χ1n) is 17.9. The van der Waals surface area contributed by atoms with Gasteiger partial charge in [-0.1, -0.05) is 133 Å². The molecule has 0 amide bonds. The van der Waals surface area contributed by atoms with Gasteiger partial charge < -0.3 is 9.05 Å². The number of benzene rings is 8. The van der Waals surface area contributed by atoms with Crippen molar-refractivity contribution in [2.75, 3.05) is 0 Å². The summed E-state index contributed by atoms with van der Waals surface area (Å²) in [5.41, 5.74) is -2.30. The van der Waals surface area contributed by atoms with Crippen molar-refractivity contribution >= 4 is 53.2 Å². The third-order valence-corrected chi connectivity index (χ3v) is 13.4. The molecule has 8 aromatic carbocycles. The van der Waals surface area contributed by atoms with Crippen LogP contribution in [0.15, 0.2) is 164 Å². The summed E-state index contributed by atoms with van der Waals surface area (Å²) in [7, 11) is -6.45. The summed E-state index contributed by atoms with van der Waals surface area (Å²) in [4.78, 5) is 11.6. The minimum atomic E-state index is -5.23. The van der Waals surface area contributed by atoms with Crippen molar-refractivity contribution in [3.05, 3.63) is 175 Å². The Labute approximate surface area is 329 Å². The molecule has 1 N–H and O–H groups in total. The van der Waals surface area contributed by atoms with Gasteiger partial charge in [-0.05, 0) is 86.8 Å². The van der Waals surface area contributed by atoms with Gasteiger partial charge in [0.1, 0.15) is 11.5 Å². The predicted octanol–water partition coefficient (Wildman–Crippen LogP) is 12.7. The summed E-state index contributed by atoms with van der Waals surface area (Å²) in [5, 5.41) is 5.10. The van der Waals surface area contributed by atoms with Gasteiger partial charge in [-0.25, -0.2) is 4.57 Å². The lowest BCUT2D eigenvalue weighted by molar-refractivity contribution is -0.143. The summed E-state index contributed by atoms with van der Waals surface area (Å²) in [6, 6.07) is 46.0. The zero-order valence-electron chi connectivity index (χ0n) is 29.9. The van der Waals surface area contributed by atoms with E-state index in [2.05, 4.69) is 0 Å². The zero-order valence-corrected chi connectivity index (χ0v) is 31.7. The standard InChI is InChI=1S/C46H28F6O4P2/c47-45(48,49)31-23-30(24-32(27-31)46(50,51)52)38-25-28-13-7-9-19-35(28)41-42-36-20-10-8-14-29(36)26-39(44(42)56-58(53,54)55-43(38)41)37-21-11-12-22-40(37)57(33-15-3-1-4-16-33)34-17-5-2-6-18-34/h1-27H,(H,53,54). The van der Waals surface area contributed by atoms with Crippen molar-refractivity contribution in [2.24, 2.45) is 0 Å². The lowest BCUT2D eigenvalue weighted by atomic mass is 9.86. The highest BCUT2D eigenvalue weighted by Gasteiger charge is 2.41. The molecule has 0 fully saturated rings. The van der Waals surface area contributed by atoms with E-state index < -0.39 is 50.5 Å². The highest BCUT2D eigenvalue weighted by atomic mass is 31.2. The molecule has 58 heavy (non-hydrogen) atoms. The molecule has 1 heterocycles. The number of phosphoric ester groups is 1. The number of rotatable bonds is 5. The zero-order chi connectivity index (χ0) is 40.4. The molecule has 0 spiro atoms. The topological polar surface area (TPSA) is 55.8 Å². The van der Waals surface area contributed by atoms with Crippen molar-refractivity contribution in [3.63, 3.8) is 0 Å². The van der Waals surface area contributed by atoms with Gasteiger partial charge in [-0.15, -0.1) is 0 Å². The van der Waals surface area contributed by atoms with Crippen LogP contribution in [0.5, 0.6) is 11.5 Å². The number of phosphoric acid groups is 1. The van der Waals surface area contributed by atoms with Crippen LogP contribution in [0.3, 0.4) is 0 Å². The highest BCUT2D eigenvalue weighted by molar-refractivity contribution is 7.80. The van der Waals surface area contributed by atoms with Crippen molar-refractivity contribution in [2.45, 2.75) is 12.4 Å². The maximum absolute atomic E-state index is 14.3. The summed E-state index contributed by atoms with van der Waals surface area (Å²) < 4.78 is 112. The molecule has 0 aliphatic carbocycles. The van der Waals surface area contributed by atoms with E-state index >= 15 is 0 Å². The Kier molecular flexibility index (Phi) is 9.20. The molecule has 8 aromatic rings. The van der Waals surface area contributed by atoms with Crippen LogP contribution in [0.4, 0.5) is 26.3 Å². The monoisotopic (exact) mass is 820 g/mol. The van der Waals surface area contributed by atoms with Crippen LogP contribution >= 0.6 is 15.7 Å². The van der Waals surface area contributed by atoms with Gasteiger partial charge in [0.2, 0.25) is 0 Å². The Bertz CT molecular complexity index is 2860. The third kappa shape index (κ3) is 6.81. The average Bonchev–Trinajstić information content (AvgIpc) is 3.34. The van der Waals surface area contributed by atoms with E-state index in [1.165, 1.54) is 6.07 Å². The van der Waals surface area contributed by atoms with Crippen molar-refractivity contribution < 1.29 is 44.8 Å². The van der Waals surface area contributed by atoms with Crippen LogP contribution in [0, 0.1) is 0 Å². The van der Waals surface area contributed by atoms with Crippen LogP contribution in [-0.2, 0) is 16.9 Å². The van der Waals surface area contributed by atoms with E-state index in [9.17, 15) is 35.8 Å². The summed E-state index contributed by atoms with van der Waals surface area (Å²) in [6.07, 6.45) is -10.3. The van der Waals surface area contributed by atoms with E-state index in [4.69, 9.17) is 9.05 Å². The fraction of sp³-hybridized carbons (Fsp3) is 0.0435. The molecule has 0 saturated carbocycles. The maximum atomic E-state index is 14.3. The van der Waals surface area contributed by atoms with Gasteiger partial charge in [0.25, 0.3) is 0 Å². The van der Waals surface area contributed by atoms with Crippen LogP contribution in [0.1, 0.15) is 11.1 Å². The quantitative estimate of drug-likeness (QED) is 0.139. The maximum Gasteiger partial charge on any atom is 0.584 e. The average molecular weight is 821 g/mol. The lowest BCUT2D eigenvalue weighted by Gasteiger charge is -2.24. The summed E-state index contributed by atoms with van der Waals surface area (Å²) >= 11 is 0. The van der Waals surface area contributed by atoms with Gasteiger partial charge in [-0.2, -0.15) is 26.3 Å². The second-order valence-corrected chi connectivity index (χ2v) is 17.2. The minimum Gasteiger partial charge on any atom is -0.394 e. The third-order valence-electron chi connectivity index (χ3n) is 10.0. The Balaban J connectivity index is 1.41. The molecule has 288 valence electrons. The minimum absolute atomic E-state index is 0.0332. The molecular formula is C46H28F6O4P2. The molecular weight excluding hydrogens is 792 g/mol. The van der Waals surface area contributed by atoms with Crippen molar-refractivity contribution in [3.8, 4) is 44.9 Å². The molecule has 1 unspecified atom stereocenters. The van der Waals surface area contributed by atoms with E-state index in [0.717, 1.165) is 15.9 Å². The second-order valence-electron chi connectivity index (χ2n) is 13.7. The van der Waals surface area contributed by atoms with Crippen molar-refractivity contribution in [1.29, 1.82) is 0 Å². The highest BCUT2D eigenvalue weighted by Crippen LogP contribution is 2.62. The van der Waals surface area contributed by atoms with Gasteiger partial charge in [-0.3, -0.25) is 4.89 Å². The van der Waals surface area contributed by atoms with E-state index in [-0.39, 0.29) is 28.5 Å². The molecule has 4 nitrogen and oxygen atoms in total. The molecule has 0 radical (unpaired) electrons. The fourth-order valence-corrected chi connectivity index (χ4v) is 10.9. The summed E-state index contributed by atoms with van der Waals surface area (Å²) in [5.74, 6) is -0.434. The predicted molar refractivity (Wildman–Crippen MR) is 218 cm³/mol. The van der Waals surface area contributed by atoms with Gasteiger partial charge in [0.15, 0.2) is 0 Å². The number of hydrogen-bond acceptors (Lipinski definition) is 3. The van der Waals surface area contributed by atoms with Crippen molar-refractivity contribution in [1.82, 2.24) is 0 Å². The first kappa shape index (κ1) is 37.6. The molecule has 1 atom stereocenters. The Morgan fingerprint density at radius 1 is 0.483 bits per heavy atom. The second kappa shape index (κ2) is 14.2. The van der Waals surface area contributed by atoms with E-state index in [0.29, 0.717) is 44.8 Å². The number of hydrogen-bond donors (Lipinski definition) is 1. The smallest absolute Gasteiger partial charge is 0.394 e. The number of alkyl halides is 6. The fourth-order valence-electron chi connectivity index (χ4n) is 7.60. The van der Waals surface area contributed by atoms with Crippen LogP contribution in [-0.4, -0.2) is 4.89 Å². The molecule has 0 saturated heterocycles. The van der Waals surface area contributed by atoms with E-state index in [1.54, 1.807) is 36.4 Å². The van der Waals surface area contributed by atoms with Crippen LogP contribution in [0.2, 0.25) is 0 Å². The Morgan fingerprint density at radius 2 is 0.914 bits per heavy atom. The molecule has 1 aliphatic heterocycles. The van der Waals surface area contributed by atoms with E-state index in [1.807, 2.05) is 103 Å². The first-order valence-corrected chi connectivity index (χ1v) is 20.7. The Hall–Kier alpha value is -5.92. The SMILES string of the molecule is O=P1(O)Oc2c(-c3cc(C(F)(F)F)cc(C(F)(F)F)c3)cc3ccccc3c2-c2c(c(-c3ccccc3P(c3ccccc3)c3ccccc3)cc3ccccc23)O1. The first-order chi connectivity index (χ1) is 27.8. The molecule has 0 bridgehead atoms. The normalized spacial score (nSPS) is 15.4. The van der Waals surface area contributed by atoms with Crippen LogP contribution < -0.4 is 25.0 Å². The van der Waals surface area contributed by atoms with Gasteiger partial charge in [0, 0.05) is 22.3 Å².